The van der Waals surface area contributed by atoms with Gasteiger partial charge in [-0.1, -0.05) is 0 Å². The van der Waals surface area contributed by atoms with E-state index in [1.165, 1.54) is 6.21 Å². The number of hydrogen-bond donors (Lipinski definition) is 5. The van der Waals surface area contributed by atoms with Crippen LogP contribution in [0.4, 0.5) is 0 Å². The van der Waals surface area contributed by atoms with E-state index in [-0.39, 0.29) is 0 Å². The molecule has 8 atom stereocenters. The maximum Gasteiger partial charge on any atom is 0.303 e. The summed E-state index contributed by atoms with van der Waals surface area (Å²) in [5, 5.41) is 63.1. The summed E-state index contributed by atoms with van der Waals surface area (Å²) in [6, 6.07) is 0. The van der Waals surface area contributed by atoms with Crippen LogP contribution in [0, 0.1) is 0 Å². The van der Waals surface area contributed by atoms with Gasteiger partial charge in [0.25, 0.3) is 0 Å². The lowest BCUT2D eigenvalue weighted by molar-refractivity contribution is -0.315. The summed E-state index contributed by atoms with van der Waals surface area (Å²) in [6.07, 6.45) is -8.91. The Morgan fingerprint density at radius 2 is 1.58 bits per heavy atom. The number of ether oxygens (including phenoxy) is 6. The van der Waals surface area contributed by atoms with Gasteiger partial charge in [-0.2, -0.15) is 10.2 Å². The predicted octanol–water partition coefficient (Wildman–Crippen LogP) is -3.93. The number of morpholine rings is 2. The summed E-state index contributed by atoms with van der Waals surface area (Å²) in [4.78, 5) is 11.5. The number of aliphatic hydroxyl groups excluding tert-OH is 5. The van der Waals surface area contributed by atoms with Gasteiger partial charge in [0.05, 0.1) is 78.2 Å². The van der Waals surface area contributed by atoms with Gasteiger partial charge in [0.15, 0.2) is 18.7 Å². The zero-order chi connectivity index (χ0) is 27.5. The molecular formula is C22H38N4O12. The zero-order valence-electron chi connectivity index (χ0n) is 21.2. The molecule has 0 aromatic rings. The van der Waals surface area contributed by atoms with Crippen molar-refractivity contribution in [2.75, 3.05) is 65.8 Å². The summed E-state index contributed by atoms with van der Waals surface area (Å²) in [6.45, 7) is 3.83. The van der Waals surface area contributed by atoms with E-state index >= 15 is 0 Å². The molecule has 0 unspecified atom stereocenters. The van der Waals surface area contributed by atoms with Crippen molar-refractivity contribution < 1.29 is 58.7 Å². The smallest absolute Gasteiger partial charge is 0.303 e. The largest absolute Gasteiger partial charge is 0.457 e. The van der Waals surface area contributed by atoms with Crippen molar-refractivity contribution >= 4 is 18.4 Å². The first kappa shape index (κ1) is 30.6. The van der Waals surface area contributed by atoms with E-state index in [1.807, 2.05) is 0 Å². The van der Waals surface area contributed by atoms with E-state index < -0.39 is 68.4 Å². The van der Waals surface area contributed by atoms with Gasteiger partial charge in [0.2, 0.25) is 0 Å². The minimum atomic E-state index is -1.66. The monoisotopic (exact) mass is 550 g/mol. The zero-order valence-corrected chi connectivity index (χ0v) is 21.2. The SMILES string of the molecule is CC(=O)O[C@H]1[C@H](O)[C@@H](O[C@H](/C=N/N2CCOCC2)[C@H](CO)O[C@H](O)/C=N\N2CCOCC2)O[C@@H](CO)[C@@H]1O. The van der Waals surface area contributed by atoms with E-state index in [9.17, 15) is 30.3 Å². The Balaban J connectivity index is 1.75. The average molecular weight is 551 g/mol. The van der Waals surface area contributed by atoms with Crippen molar-refractivity contribution in [1.82, 2.24) is 10.0 Å². The van der Waals surface area contributed by atoms with Gasteiger partial charge in [-0.3, -0.25) is 14.8 Å². The Kier molecular flexibility index (Phi) is 12.5. The Labute approximate surface area is 219 Å². The van der Waals surface area contributed by atoms with E-state index in [0.29, 0.717) is 52.6 Å². The van der Waals surface area contributed by atoms with Crippen molar-refractivity contribution in [3.8, 4) is 0 Å². The van der Waals surface area contributed by atoms with Crippen LogP contribution in [0.2, 0.25) is 0 Å². The summed E-state index contributed by atoms with van der Waals surface area (Å²) >= 11 is 0. The molecule has 3 heterocycles. The van der Waals surface area contributed by atoms with Crippen LogP contribution in [-0.2, 0) is 33.2 Å². The van der Waals surface area contributed by atoms with Crippen molar-refractivity contribution in [3.05, 3.63) is 0 Å². The molecule has 0 aliphatic carbocycles. The van der Waals surface area contributed by atoms with Gasteiger partial charge >= 0.3 is 5.97 Å². The lowest BCUT2D eigenvalue weighted by atomic mass is 9.99. The fourth-order valence-electron chi connectivity index (χ4n) is 3.96. The van der Waals surface area contributed by atoms with Crippen LogP contribution in [-0.4, -0.2) is 169 Å². The Bertz CT molecular complexity index is 765. The van der Waals surface area contributed by atoms with E-state index in [4.69, 9.17) is 28.4 Å². The second kappa shape index (κ2) is 15.6. The normalized spacial score (nSPS) is 31.5. The molecule has 0 saturated carbocycles. The van der Waals surface area contributed by atoms with Crippen LogP contribution in [0.5, 0.6) is 0 Å². The molecule has 16 nitrogen and oxygen atoms in total. The molecule has 0 radical (unpaired) electrons. The number of esters is 1. The van der Waals surface area contributed by atoms with Crippen molar-refractivity contribution in [1.29, 1.82) is 0 Å². The molecule has 0 aromatic heterocycles. The summed E-state index contributed by atoms with van der Waals surface area (Å²) in [5.41, 5.74) is 0. The van der Waals surface area contributed by atoms with Crippen LogP contribution in [0.1, 0.15) is 6.92 Å². The molecule has 3 aliphatic heterocycles. The van der Waals surface area contributed by atoms with Crippen LogP contribution >= 0.6 is 0 Å². The van der Waals surface area contributed by atoms with Gasteiger partial charge < -0.3 is 54.0 Å². The number of carbonyl (C=O) groups excluding carboxylic acids is 1. The first-order chi connectivity index (χ1) is 18.3. The van der Waals surface area contributed by atoms with E-state index in [2.05, 4.69) is 10.2 Å². The fourth-order valence-corrected chi connectivity index (χ4v) is 3.96. The first-order valence-corrected chi connectivity index (χ1v) is 12.5. The highest BCUT2D eigenvalue weighted by Gasteiger charge is 2.48. The third-order valence-electron chi connectivity index (χ3n) is 5.99. The van der Waals surface area contributed by atoms with Crippen molar-refractivity contribution in [2.45, 2.75) is 56.1 Å². The minimum absolute atomic E-state index is 0.462. The predicted molar refractivity (Wildman–Crippen MR) is 128 cm³/mol. The van der Waals surface area contributed by atoms with Gasteiger partial charge in [0.1, 0.15) is 30.5 Å². The topological polar surface area (TPSA) is 205 Å². The standard InChI is InChI=1S/C22H38N4O12/c1-14(29)35-21-19(31)17(13-28)38-22(20(21)32)37-15(10-23-25-2-6-33-7-3-25)16(12-27)36-18(30)11-24-26-4-8-34-9-5-26/h10-11,15-22,27-28,30-32H,2-9,12-13H2,1H3/b23-10+,24-11-/t15-,16+,17+,18+,19+,20+,21-,22+/m1/s1. The number of nitrogens with zero attached hydrogens (tertiary/aromatic N) is 4. The summed E-state index contributed by atoms with van der Waals surface area (Å²) in [7, 11) is 0. The van der Waals surface area contributed by atoms with Crippen molar-refractivity contribution in [2.24, 2.45) is 10.2 Å². The number of hydrogen-bond acceptors (Lipinski definition) is 16. The molecule has 0 amide bonds. The van der Waals surface area contributed by atoms with E-state index in [0.717, 1.165) is 13.1 Å². The highest BCUT2D eigenvalue weighted by Crippen LogP contribution is 2.26. The Morgan fingerprint density at radius 3 is 2.11 bits per heavy atom. The molecule has 5 N–H and O–H groups in total. The Morgan fingerprint density at radius 1 is 1.00 bits per heavy atom. The molecule has 0 spiro atoms. The second-order valence-electron chi connectivity index (χ2n) is 8.79. The Hall–Kier alpha value is -1.99. The molecule has 16 heteroatoms. The van der Waals surface area contributed by atoms with Crippen LogP contribution < -0.4 is 0 Å². The molecule has 3 aliphatic rings. The maximum absolute atomic E-state index is 11.5. The van der Waals surface area contributed by atoms with Gasteiger partial charge in [0, 0.05) is 6.92 Å². The van der Waals surface area contributed by atoms with E-state index in [1.54, 1.807) is 10.0 Å². The van der Waals surface area contributed by atoms with Gasteiger partial charge in [-0.05, 0) is 0 Å². The molecule has 0 bridgehead atoms. The highest BCUT2D eigenvalue weighted by atomic mass is 16.7. The van der Waals surface area contributed by atoms with Gasteiger partial charge in [-0.15, -0.1) is 0 Å². The molecule has 3 saturated heterocycles. The van der Waals surface area contributed by atoms with Gasteiger partial charge in [-0.25, -0.2) is 0 Å². The van der Waals surface area contributed by atoms with Crippen LogP contribution in [0.25, 0.3) is 0 Å². The maximum atomic E-state index is 11.5. The third-order valence-corrected chi connectivity index (χ3v) is 5.99. The number of hydrazone groups is 2. The molecular weight excluding hydrogens is 512 g/mol. The summed E-state index contributed by atoms with van der Waals surface area (Å²) in [5.74, 6) is -0.768. The fraction of sp³-hybridized carbons (Fsp3) is 0.864. The minimum Gasteiger partial charge on any atom is -0.457 e. The highest BCUT2D eigenvalue weighted by molar-refractivity contribution is 5.66. The van der Waals surface area contributed by atoms with Crippen molar-refractivity contribution in [3.63, 3.8) is 0 Å². The molecule has 38 heavy (non-hydrogen) atoms. The molecule has 218 valence electrons. The quantitative estimate of drug-likeness (QED) is 0.0895. The number of rotatable bonds is 12. The number of carbonyl (C=O) groups is 1. The molecule has 0 aromatic carbocycles. The first-order valence-electron chi connectivity index (χ1n) is 12.5. The summed E-state index contributed by atoms with van der Waals surface area (Å²) < 4.78 is 32.5. The average Bonchev–Trinajstić information content (AvgIpc) is 2.93. The van der Waals surface area contributed by atoms with Crippen LogP contribution in [0.3, 0.4) is 0 Å². The lowest BCUT2D eigenvalue weighted by Crippen LogP contribution is -2.61. The van der Waals surface area contributed by atoms with Crippen LogP contribution in [0.15, 0.2) is 10.2 Å². The molecule has 3 rings (SSSR count). The lowest BCUT2D eigenvalue weighted by Gasteiger charge is -2.42. The molecule has 3 fully saturated rings. The number of aliphatic hydroxyl groups is 5. The third kappa shape index (κ3) is 9.04. The second-order valence-corrected chi connectivity index (χ2v) is 8.79.